The van der Waals surface area contributed by atoms with Crippen molar-refractivity contribution in [3.63, 3.8) is 0 Å². The fourth-order valence-electron chi connectivity index (χ4n) is 3.26. The molecule has 27 heavy (non-hydrogen) atoms. The van der Waals surface area contributed by atoms with Crippen LogP contribution < -0.4 is 10.2 Å². The van der Waals surface area contributed by atoms with E-state index in [1.165, 1.54) is 18.5 Å². The number of halogens is 1. The van der Waals surface area contributed by atoms with Gasteiger partial charge in [-0.05, 0) is 59.2 Å². The lowest BCUT2D eigenvalue weighted by molar-refractivity contribution is -0.115. The van der Waals surface area contributed by atoms with Gasteiger partial charge in [0.1, 0.15) is 12.1 Å². The van der Waals surface area contributed by atoms with Gasteiger partial charge < -0.3 is 10.2 Å². The molecular formula is C19H19FN6O. The quantitative estimate of drug-likeness (QED) is 0.751. The molecule has 0 saturated carbocycles. The van der Waals surface area contributed by atoms with Gasteiger partial charge in [-0.15, -0.1) is 5.10 Å². The van der Waals surface area contributed by atoms with Crippen LogP contribution in [0.1, 0.15) is 18.4 Å². The second-order valence-electron chi connectivity index (χ2n) is 6.50. The topological polar surface area (TPSA) is 75.9 Å². The van der Waals surface area contributed by atoms with E-state index in [-0.39, 0.29) is 18.1 Å². The van der Waals surface area contributed by atoms with Gasteiger partial charge in [-0.2, -0.15) is 0 Å². The van der Waals surface area contributed by atoms with Gasteiger partial charge in [0.25, 0.3) is 0 Å². The van der Waals surface area contributed by atoms with Gasteiger partial charge in [0.2, 0.25) is 5.91 Å². The van der Waals surface area contributed by atoms with Crippen molar-refractivity contribution in [3.05, 3.63) is 60.2 Å². The molecule has 0 unspecified atom stereocenters. The highest BCUT2D eigenvalue weighted by atomic mass is 19.1. The first kappa shape index (κ1) is 17.1. The van der Waals surface area contributed by atoms with Gasteiger partial charge in [0, 0.05) is 13.1 Å². The number of carbonyl (C=O) groups is 1. The Morgan fingerprint density at radius 3 is 2.59 bits per heavy atom. The minimum atomic E-state index is -0.315. The van der Waals surface area contributed by atoms with Gasteiger partial charge >= 0.3 is 0 Å². The number of anilines is 2. The smallest absolute Gasteiger partial charge is 0.228 e. The second-order valence-corrected chi connectivity index (χ2v) is 6.50. The molecule has 7 nitrogen and oxygen atoms in total. The Morgan fingerprint density at radius 2 is 1.89 bits per heavy atom. The zero-order valence-electron chi connectivity index (χ0n) is 14.7. The number of nitrogens with zero attached hydrogens (tertiary/aromatic N) is 5. The normalized spacial score (nSPS) is 13.7. The van der Waals surface area contributed by atoms with Gasteiger partial charge in [-0.25, -0.2) is 9.07 Å². The van der Waals surface area contributed by atoms with Crippen molar-refractivity contribution in [3.8, 4) is 5.69 Å². The summed E-state index contributed by atoms with van der Waals surface area (Å²) in [6.45, 7) is 1.93. The lowest BCUT2D eigenvalue weighted by Gasteiger charge is -2.22. The summed E-state index contributed by atoms with van der Waals surface area (Å²) in [5.74, 6) is -0.472. The predicted molar refractivity (Wildman–Crippen MR) is 99.3 cm³/mol. The first-order valence-electron chi connectivity index (χ1n) is 8.86. The summed E-state index contributed by atoms with van der Waals surface area (Å²) in [6.07, 6.45) is 3.96. The van der Waals surface area contributed by atoms with Crippen molar-refractivity contribution in [1.82, 2.24) is 20.2 Å². The van der Waals surface area contributed by atoms with Gasteiger partial charge in [0.15, 0.2) is 0 Å². The van der Waals surface area contributed by atoms with E-state index in [0.717, 1.165) is 48.6 Å². The van der Waals surface area contributed by atoms with Crippen LogP contribution >= 0.6 is 0 Å². The molecule has 2 aromatic carbocycles. The third-order valence-electron chi connectivity index (χ3n) is 4.59. The molecule has 2 heterocycles. The monoisotopic (exact) mass is 366 g/mol. The second kappa shape index (κ2) is 7.53. The van der Waals surface area contributed by atoms with Gasteiger partial charge in [-0.1, -0.05) is 12.1 Å². The van der Waals surface area contributed by atoms with Crippen molar-refractivity contribution < 1.29 is 9.18 Å². The Hall–Kier alpha value is -3.29. The predicted octanol–water partition coefficient (Wildman–Crippen LogP) is 2.58. The van der Waals surface area contributed by atoms with E-state index in [9.17, 15) is 9.18 Å². The highest BCUT2D eigenvalue weighted by Crippen LogP contribution is 2.31. The van der Waals surface area contributed by atoms with Crippen molar-refractivity contribution in [2.24, 2.45) is 0 Å². The number of tetrazole rings is 1. The molecule has 3 aromatic rings. The number of benzene rings is 2. The summed E-state index contributed by atoms with van der Waals surface area (Å²) < 4.78 is 14.6. The van der Waals surface area contributed by atoms with Gasteiger partial charge in [0.05, 0.1) is 23.5 Å². The maximum absolute atomic E-state index is 13.1. The highest BCUT2D eigenvalue weighted by molar-refractivity contribution is 5.96. The van der Waals surface area contributed by atoms with Crippen LogP contribution in [0.15, 0.2) is 48.8 Å². The fourth-order valence-corrected chi connectivity index (χ4v) is 3.26. The largest absolute Gasteiger partial charge is 0.370 e. The van der Waals surface area contributed by atoms with E-state index in [4.69, 9.17) is 0 Å². The summed E-state index contributed by atoms with van der Waals surface area (Å²) in [5, 5.41) is 14.2. The molecule has 1 aromatic heterocycles. The minimum Gasteiger partial charge on any atom is -0.370 e. The molecule has 1 saturated heterocycles. The molecule has 0 bridgehead atoms. The lowest BCUT2D eigenvalue weighted by Crippen LogP contribution is -2.22. The van der Waals surface area contributed by atoms with Crippen LogP contribution in [0.3, 0.4) is 0 Å². The molecule has 0 spiro atoms. The van der Waals surface area contributed by atoms with Crippen molar-refractivity contribution >= 4 is 17.3 Å². The van der Waals surface area contributed by atoms with E-state index in [1.807, 2.05) is 18.2 Å². The SMILES string of the molecule is O=C(Cc1ccc(F)cc1)Nc1cc(-n2cnnn2)ccc1N1CCCC1. The van der Waals surface area contributed by atoms with E-state index >= 15 is 0 Å². The average molecular weight is 366 g/mol. The van der Waals surface area contributed by atoms with Crippen LogP contribution in [0.5, 0.6) is 0 Å². The number of aromatic nitrogens is 4. The Kier molecular flexibility index (Phi) is 4.78. The zero-order valence-corrected chi connectivity index (χ0v) is 14.7. The molecule has 138 valence electrons. The lowest BCUT2D eigenvalue weighted by atomic mass is 10.1. The highest BCUT2D eigenvalue weighted by Gasteiger charge is 2.18. The molecule has 1 amide bonds. The molecule has 0 radical (unpaired) electrons. The Balaban J connectivity index is 1.59. The van der Waals surface area contributed by atoms with E-state index < -0.39 is 0 Å². The Morgan fingerprint density at radius 1 is 1.11 bits per heavy atom. The van der Waals surface area contributed by atoms with E-state index in [1.54, 1.807) is 16.8 Å². The van der Waals surface area contributed by atoms with Crippen molar-refractivity contribution in [2.75, 3.05) is 23.3 Å². The number of hydrogen-bond acceptors (Lipinski definition) is 5. The number of carbonyl (C=O) groups excluding carboxylic acids is 1. The molecule has 4 rings (SSSR count). The molecule has 1 N–H and O–H groups in total. The van der Waals surface area contributed by atoms with Crippen LogP contribution in [0, 0.1) is 5.82 Å². The number of rotatable bonds is 5. The summed E-state index contributed by atoms with van der Waals surface area (Å²) in [6, 6.07) is 11.7. The molecule has 8 heteroatoms. The average Bonchev–Trinajstić information content (AvgIpc) is 3.37. The summed E-state index contributed by atoms with van der Waals surface area (Å²) in [7, 11) is 0. The van der Waals surface area contributed by atoms with Crippen molar-refractivity contribution in [2.45, 2.75) is 19.3 Å². The van der Waals surface area contributed by atoms with Crippen LogP contribution in [-0.2, 0) is 11.2 Å². The zero-order chi connectivity index (χ0) is 18.6. The number of hydrogen-bond donors (Lipinski definition) is 1. The Bertz CT molecular complexity index is 920. The number of nitrogens with one attached hydrogen (secondary N) is 1. The maximum Gasteiger partial charge on any atom is 0.228 e. The summed E-state index contributed by atoms with van der Waals surface area (Å²) in [4.78, 5) is 14.8. The fraction of sp³-hybridized carbons (Fsp3) is 0.263. The first-order valence-corrected chi connectivity index (χ1v) is 8.86. The van der Waals surface area contributed by atoms with Crippen molar-refractivity contribution in [1.29, 1.82) is 0 Å². The van der Waals surface area contributed by atoms with Crippen LogP contribution in [-0.4, -0.2) is 39.2 Å². The van der Waals surface area contributed by atoms with Gasteiger partial charge in [-0.3, -0.25) is 4.79 Å². The first-order chi connectivity index (χ1) is 13.2. The molecule has 1 aliphatic rings. The van der Waals surface area contributed by atoms with Crippen LogP contribution in [0.2, 0.25) is 0 Å². The third kappa shape index (κ3) is 3.94. The molecule has 1 aliphatic heterocycles. The van der Waals surface area contributed by atoms with Crippen LogP contribution in [0.4, 0.5) is 15.8 Å². The minimum absolute atomic E-state index is 0.157. The molecule has 0 atom stereocenters. The third-order valence-corrected chi connectivity index (χ3v) is 4.59. The Labute approximate surface area is 155 Å². The summed E-state index contributed by atoms with van der Waals surface area (Å²) in [5.41, 5.74) is 3.22. The van der Waals surface area contributed by atoms with E-state index in [0.29, 0.717) is 0 Å². The molecule has 0 aliphatic carbocycles. The standard InChI is InChI=1S/C19H19FN6O/c20-15-5-3-14(4-6-15)11-19(27)22-17-12-16(26-13-21-23-24-26)7-8-18(17)25-9-1-2-10-25/h3-8,12-13H,1-2,9-11H2,(H,22,27). The molecule has 1 fully saturated rings. The summed E-state index contributed by atoms with van der Waals surface area (Å²) >= 11 is 0. The molecular weight excluding hydrogens is 347 g/mol. The maximum atomic E-state index is 13.1. The van der Waals surface area contributed by atoms with Crippen LogP contribution in [0.25, 0.3) is 5.69 Å². The van der Waals surface area contributed by atoms with E-state index in [2.05, 4.69) is 25.7 Å². The number of amides is 1.